The SMILES string of the molecule is Cc1ccc(-n2nc(C(C)(C)C)cc2NC(=O)Nc2ccc(C(CC(=O)c3ccc4c(c3)OCO4)C3CCNCC3)cc2)cc1. The summed E-state index contributed by atoms with van der Waals surface area (Å²) in [7, 11) is 0. The number of urea groups is 1. The van der Waals surface area contributed by atoms with Crippen molar-refractivity contribution in [2.45, 2.75) is 58.3 Å². The van der Waals surface area contributed by atoms with E-state index in [0.29, 0.717) is 40.9 Å². The number of Topliss-reactive ketones (excluding diaryl/α,β-unsaturated/α-hetero) is 1. The highest BCUT2D eigenvalue weighted by atomic mass is 16.7. The second-order valence-electron chi connectivity index (χ2n) is 13.0. The Kier molecular flexibility index (Phi) is 8.63. The van der Waals surface area contributed by atoms with E-state index in [9.17, 15) is 9.59 Å². The Hall–Kier alpha value is -4.63. The number of carbonyl (C=O) groups excluding carboxylic acids is 2. The number of amides is 2. The van der Waals surface area contributed by atoms with E-state index in [1.807, 2.05) is 67.6 Å². The maximum absolute atomic E-state index is 13.5. The number of benzene rings is 3. The van der Waals surface area contributed by atoms with Crippen molar-refractivity contribution < 1.29 is 19.1 Å². The zero-order valence-corrected chi connectivity index (χ0v) is 26.4. The minimum atomic E-state index is -0.357. The van der Waals surface area contributed by atoms with Gasteiger partial charge in [0.1, 0.15) is 5.82 Å². The molecule has 3 aromatic carbocycles. The van der Waals surface area contributed by atoms with Crippen molar-refractivity contribution in [3.05, 3.63) is 95.2 Å². The number of piperidine rings is 1. The fraction of sp³-hybridized carbons (Fsp3) is 0.361. The van der Waals surface area contributed by atoms with Gasteiger partial charge in [-0.25, -0.2) is 9.48 Å². The molecule has 234 valence electrons. The molecule has 9 nitrogen and oxygen atoms in total. The fourth-order valence-electron chi connectivity index (χ4n) is 6.00. The van der Waals surface area contributed by atoms with Gasteiger partial charge in [-0.1, -0.05) is 50.6 Å². The number of aromatic nitrogens is 2. The van der Waals surface area contributed by atoms with Gasteiger partial charge in [0.25, 0.3) is 0 Å². The number of hydrogen-bond donors (Lipinski definition) is 3. The third-order valence-corrected chi connectivity index (χ3v) is 8.65. The number of nitrogens with one attached hydrogen (secondary N) is 3. The number of ether oxygens (including phenoxy) is 2. The van der Waals surface area contributed by atoms with E-state index in [-0.39, 0.29) is 29.9 Å². The van der Waals surface area contributed by atoms with Gasteiger partial charge in [0.15, 0.2) is 17.3 Å². The van der Waals surface area contributed by atoms with E-state index in [2.05, 4.69) is 36.7 Å². The maximum Gasteiger partial charge on any atom is 0.324 e. The molecule has 0 spiro atoms. The van der Waals surface area contributed by atoms with Crippen LogP contribution in [0.5, 0.6) is 11.5 Å². The van der Waals surface area contributed by atoms with Crippen molar-refractivity contribution in [1.82, 2.24) is 15.1 Å². The number of carbonyl (C=O) groups is 2. The number of ketones is 1. The van der Waals surface area contributed by atoms with Crippen LogP contribution in [0.2, 0.25) is 0 Å². The average molecular weight is 608 g/mol. The molecule has 45 heavy (non-hydrogen) atoms. The maximum atomic E-state index is 13.5. The van der Waals surface area contributed by atoms with E-state index in [0.717, 1.165) is 48.4 Å². The second kappa shape index (κ2) is 12.8. The molecule has 2 aliphatic rings. The van der Waals surface area contributed by atoms with Gasteiger partial charge in [0, 0.05) is 29.2 Å². The molecule has 0 radical (unpaired) electrons. The summed E-state index contributed by atoms with van der Waals surface area (Å²) in [6.45, 7) is 10.4. The fourth-order valence-corrected chi connectivity index (χ4v) is 6.00. The normalized spacial score (nSPS) is 15.5. The molecule has 1 unspecified atom stereocenters. The zero-order valence-electron chi connectivity index (χ0n) is 26.4. The Bertz CT molecular complexity index is 1670. The molecule has 1 saturated heterocycles. The van der Waals surface area contributed by atoms with Crippen LogP contribution in [0.15, 0.2) is 72.8 Å². The molecule has 9 heteroatoms. The van der Waals surface area contributed by atoms with Gasteiger partial charge in [-0.15, -0.1) is 0 Å². The lowest BCUT2D eigenvalue weighted by Crippen LogP contribution is -2.31. The van der Waals surface area contributed by atoms with Gasteiger partial charge in [0.2, 0.25) is 6.79 Å². The van der Waals surface area contributed by atoms with Gasteiger partial charge < -0.3 is 20.1 Å². The number of aryl methyl sites for hydroxylation is 1. The first-order chi connectivity index (χ1) is 21.6. The van der Waals surface area contributed by atoms with E-state index in [1.54, 1.807) is 16.8 Å². The van der Waals surface area contributed by atoms with E-state index >= 15 is 0 Å². The molecule has 6 rings (SSSR count). The number of rotatable bonds is 8. The van der Waals surface area contributed by atoms with Gasteiger partial charge in [-0.2, -0.15) is 5.10 Å². The first kappa shape index (κ1) is 30.4. The predicted octanol–water partition coefficient (Wildman–Crippen LogP) is 7.21. The van der Waals surface area contributed by atoms with Crippen molar-refractivity contribution in [2.24, 2.45) is 5.92 Å². The Balaban J connectivity index is 1.17. The highest BCUT2D eigenvalue weighted by Gasteiger charge is 2.28. The van der Waals surface area contributed by atoms with E-state index < -0.39 is 0 Å². The molecule has 4 aromatic rings. The first-order valence-corrected chi connectivity index (χ1v) is 15.6. The molecule has 2 amide bonds. The van der Waals surface area contributed by atoms with Crippen LogP contribution in [0, 0.1) is 12.8 Å². The molecule has 0 saturated carbocycles. The summed E-state index contributed by atoms with van der Waals surface area (Å²) in [6.07, 6.45) is 2.41. The summed E-state index contributed by atoms with van der Waals surface area (Å²) in [5.41, 5.74) is 5.10. The Morgan fingerprint density at radius 3 is 2.36 bits per heavy atom. The summed E-state index contributed by atoms with van der Waals surface area (Å²) in [5.74, 6) is 2.40. The van der Waals surface area contributed by atoms with Crippen LogP contribution in [0.3, 0.4) is 0 Å². The predicted molar refractivity (Wildman–Crippen MR) is 176 cm³/mol. The van der Waals surface area contributed by atoms with E-state index in [1.165, 1.54) is 0 Å². The summed E-state index contributed by atoms with van der Waals surface area (Å²) >= 11 is 0. The third-order valence-electron chi connectivity index (χ3n) is 8.65. The zero-order chi connectivity index (χ0) is 31.6. The summed E-state index contributed by atoms with van der Waals surface area (Å²) in [5, 5.41) is 14.2. The minimum Gasteiger partial charge on any atom is -0.454 e. The van der Waals surface area contributed by atoms with E-state index in [4.69, 9.17) is 14.6 Å². The smallest absolute Gasteiger partial charge is 0.324 e. The Morgan fingerprint density at radius 2 is 1.64 bits per heavy atom. The van der Waals surface area contributed by atoms with Crippen LogP contribution >= 0.6 is 0 Å². The number of anilines is 2. The van der Waals surface area contributed by atoms with Crippen molar-refractivity contribution in [1.29, 1.82) is 0 Å². The average Bonchev–Trinajstić information content (AvgIpc) is 3.68. The van der Waals surface area contributed by atoms with Crippen molar-refractivity contribution in [2.75, 3.05) is 30.5 Å². The standard InChI is InChI=1S/C36H41N5O4/c1-23-5-12-28(13-6-23)41-34(21-33(40-41)36(2,3)4)39-35(43)38-27-10-7-24(8-11-27)29(25-15-17-37-18-16-25)20-30(42)26-9-14-31-32(19-26)45-22-44-31/h5-14,19,21,25,29,37H,15-18,20,22H2,1-4H3,(H2,38,39,43). The molecular formula is C36H41N5O4. The van der Waals surface area contributed by atoms with Gasteiger partial charge in [-0.3, -0.25) is 10.1 Å². The summed E-state index contributed by atoms with van der Waals surface area (Å²) in [6, 6.07) is 22.9. The minimum absolute atomic E-state index is 0.0626. The van der Waals surface area contributed by atoms with Gasteiger partial charge in [0.05, 0.1) is 11.4 Å². The van der Waals surface area contributed by atoms with Crippen molar-refractivity contribution >= 4 is 23.3 Å². The van der Waals surface area contributed by atoms with Crippen LogP contribution in [0.4, 0.5) is 16.3 Å². The number of hydrogen-bond acceptors (Lipinski definition) is 6. The lowest BCUT2D eigenvalue weighted by Gasteiger charge is -2.31. The lowest BCUT2D eigenvalue weighted by atomic mass is 9.77. The highest BCUT2D eigenvalue weighted by molar-refractivity contribution is 5.99. The highest BCUT2D eigenvalue weighted by Crippen LogP contribution is 2.37. The second-order valence-corrected chi connectivity index (χ2v) is 13.0. The molecule has 1 fully saturated rings. The molecular weight excluding hydrogens is 566 g/mol. The van der Waals surface area contributed by atoms with Crippen LogP contribution in [0.1, 0.15) is 73.1 Å². The Labute approximate surface area is 264 Å². The summed E-state index contributed by atoms with van der Waals surface area (Å²) < 4.78 is 12.7. The summed E-state index contributed by atoms with van der Waals surface area (Å²) in [4.78, 5) is 26.7. The molecule has 0 aliphatic carbocycles. The van der Waals surface area contributed by atoms with Crippen LogP contribution in [0.25, 0.3) is 5.69 Å². The number of nitrogens with zero attached hydrogens (tertiary/aromatic N) is 2. The molecule has 0 bridgehead atoms. The molecule has 1 aromatic heterocycles. The van der Waals surface area contributed by atoms with Crippen LogP contribution in [-0.4, -0.2) is 41.5 Å². The molecule has 2 aliphatic heterocycles. The van der Waals surface area contributed by atoms with Gasteiger partial charge >= 0.3 is 6.03 Å². The number of fused-ring (bicyclic) bond motifs is 1. The quantitative estimate of drug-likeness (QED) is 0.183. The Morgan fingerprint density at radius 1 is 0.933 bits per heavy atom. The van der Waals surface area contributed by atoms with Gasteiger partial charge in [-0.05, 0) is 92.7 Å². The molecule has 3 N–H and O–H groups in total. The molecule has 1 atom stereocenters. The monoisotopic (exact) mass is 607 g/mol. The van der Waals surface area contributed by atoms with Crippen molar-refractivity contribution in [3.63, 3.8) is 0 Å². The lowest BCUT2D eigenvalue weighted by molar-refractivity contribution is 0.0958. The first-order valence-electron chi connectivity index (χ1n) is 15.6. The topological polar surface area (TPSA) is 107 Å². The molecule has 3 heterocycles. The third kappa shape index (κ3) is 7.04. The van der Waals surface area contributed by atoms with Crippen molar-refractivity contribution in [3.8, 4) is 17.2 Å². The largest absolute Gasteiger partial charge is 0.454 e. The van der Waals surface area contributed by atoms with Crippen LogP contribution in [-0.2, 0) is 5.41 Å². The van der Waals surface area contributed by atoms with Crippen LogP contribution < -0.4 is 25.4 Å².